The lowest BCUT2D eigenvalue weighted by Crippen LogP contribution is -2.28. The van der Waals surface area contributed by atoms with Crippen molar-refractivity contribution in [3.05, 3.63) is 82.9 Å². The summed E-state index contributed by atoms with van der Waals surface area (Å²) in [5, 5.41) is 28.0. The van der Waals surface area contributed by atoms with E-state index in [2.05, 4.69) is 16.0 Å². The molecule has 5 N–H and O–H groups in total. The van der Waals surface area contributed by atoms with Gasteiger partial charge in [-0.15, -0.1) is 0 Å². The number of rotatable bonds is 5. The van der Waals surface area contributed by atoms with Gasteiger partial charge in [0.25, 0.3) is 5.91 Å². The van der Waals surface area contributed by atoms with E-state index in [1.54, 1.807) is 48.5 Å². The Hall–Kier alpha value is -3.71. The first-order chi connectivity index (χ1) is 13.9. The van der Waals surface area contributed by atoms with E-state index in [1.807, 2.05) is 0 Å². The molecule has 8 heteroatoms. The first kappa shape index (κ1) is 20.0. The van der Waals surface area contributed by atoms with E-state index >= 15 is 0 Å². The number of phenols is 2. The summed E-state index contributed by atoms with van der Waals surface area (Å²) in [4.78, 5) is 24.4. The highest BCUT2D eigenvalue weighted by Gasteiger charge is 2.16. The summed E-state index contributed by atoms with van der Waals surface area (Å²) in [5.41, 5.74) is 1.47. The average molecular weight is 412 g/mol. The highest BCUT2D eigenvalue weighted by atomic mass is 35.5. The van der Waals surface area contributed by atoms with E-state index in [1.165, 1.54) is 18.2 Å². The molecule has 0 aliphatic rings. The molecule has 3 aromatic rings. The number of anilines is 2. The van der Waals surface area contributed by atoms with Crippen LogP contribution in [0.4, 0.5) is 16.2 Å². The van der Waals surface area contributed by atoms with Gasteiger partial charge in [0.2, 0.25) is 0 Å². The van der Waals surface area contributed by atoms with Gasteiger partial charge in [-0.3, -0.25) is 4.79 Å². The Balaban J connectivity index is 1.62. The van der Waals surface area contributed by atoms with Crippen LogP contribution in [0, 0.1) is 0 Å². The molecule has 0 aliphatic heterocycles. The summed E-state index contributed by atoms with van der Waals surface area (Å²) in [7, 11) is 0. The minimum atomic E-state index is -0.651. The molecule has 29 heavy (non-hydrogen) atoms. The van der Waals surface area contributed by atoms with Crippen LogP contribution in [0.25, 0.3) is 0 Å². The van der Waals surface area contributed by atoms with Crippen molar-refractivity contribution in [3.63, 3.8) is 0 Å². The van der Waals surface area contributed by atoms with Crippen molar-refractivity contribution in [3.8, 4) is 11.5 Å². The van der Waals surface area contributed by atoms with Crippen LogP contribution in [0.3, 0.4) is 0 Å². The molecule has 0 saturated carbocycles. The summed E-state index contributed by atoms with van der Waals surface area (Å²) >= 11 is 6.01. The van der Waals surface area contributed by atoms with E-state index < -0.39 is 11.9 Å². The molecule has 0 aromatic heterocycles. The first-order valence-corrected chi connectivity index (χ1v) is 9.02. The second kappa shape index (κ2) is 8.99. The SMILES string of the molecule is O=C(NCc1cccc(NC(=O)c2c(O)cccc2O)c1)Nc1ccccc1Cl. The van der Waals surface area contributed by atoms with Crippen LogP contribution < -0.4 is 16.0 Å². The number of para-hydroxylation sites is 1. The molecule has 148 valence electrons. The molecule has 0 atom stereocenters. The molecular formula is C21H18ClN3O4. The number of carbonyl (C=O) groups excluding carboxylic acids is 2. The fraction of sp³-hybridized carbons (Fsp3) is 0.0476. The lowest BCUT2D eigenvalue weighted by molar-refractivity contribution is 0.102. The van der Waals surface area contributed by atoms with Gasteiger partial charge in [0.1, 0.15) is 17.1 Å². The van der Waals surface area contributed by atoms with Gasteiger partial charge in [-0.1, -0.05) is 41.9 Å². The second-order valence-corrected chi connectivity index (χ2v) is 6.52. The van der Waals surface area contributed by atoms with Crippen LogP contribution in [0.1, 0.15) is 15.9 Å². The lowest BCUT2D eigenvalue weighted by atomic mass is 10.1. The van der Waals surface area contributed by atoms with Crippen molar-refractivity contribution < 1.29 is 19.8 Å². The highest BCUT2D eigenvalue weighted by Crippen LogP contribution is 2.27. The number of hydrogen-bond donors (Lipinski definition) is 5. The van der Waals surface area contributed by atoms with Gasteiger partial charge in [0.15, 0.2) is 0 Å². The Morgan fingerprint density at radius 2 is 1.55 bits per heavy atom. The maximum absolute atomic E-state index is 12.3. The maximum Gasteiger partial charge on any atom is 0.319 e. The number of halogens is 1. The third-order valence-corrected chi connectivity index (χ3v) is 4.34. The van der Waals surface area contributed by atoms with Crippen molar-refractivity contribution in [2.24, 2.45) is 0 Å². The third kappa shape index (κ3) is 5.18. The lowest BCUT2D eigenvalue weighted by Gasteiger charge is -2.11. The van der Waals surface area contributed by atoms with Crippen LogP contribution in [0.15, 0.2) is 66.7 Å². The van der Waals surface area contributed by atoms with Gasteiger partial charge < -0.3 is 26.2 Å². The van der Waals surface area contributed by atoms with E-state index in [0.717, 1.165) is 5.56 Å². The minimum Gasteiger partial charge on any atom is -0.507 e. The topological polar surface area (TPSA) is 111 Å². The molecule has 3 aromatic carbocycles. The second-order valence-electron chi connectivity index (χ2n) is 6.11. The number of nitrogens with one attached hydrogen (secondary N) is 3. The van der Waals surface area contributed by atoms with Crippen LogP contribution in [0.5, 0.6) is 11.5 Å². The fourth-order valence-electron chi connectivity index (χ4n) is 2.62. The molecule has 0 unspecified atom stereocenters. The van der Waals surface area contributed by atoms with Crippen LogP contribution in [-0.4, -0.2) is 22.2 Å². The minimum absolute atomic E-state index is 0.210. The monoisotopic (exact) mass is 411 g/mol. The van der Waals surface area contributed by atoms with E-state index in [-0.39, 0.29) is 23.6 Å². The van der Waals surface area contributed by atoms with Crippen LogP contribution in [-0.2, 0) is 6.54 Å². The van der Waals surface area contributed by atoms with Crippen molar-refractivity contribution in [2.75, 3.05) is 10.6 Å². The van der Waals surface area contributed by atoms with Crippen LogP contribution >= 0.6 is 11.6 Å². The number of carbonyl (C=O) groups is 2. The summed E-state index contributed by atoms with van der Waals surface area (Å²) in [6.45, 7) is 0.210. The van der Waals surface area contributed by atoms with Crippen LogP contribution in [0.2, 0.25) is 5.02 Å². The van der Waals surface area contributed by atoms with Gasteiger partial charge in [-0.2, -0.15) is 0 Å². The number of hydrogen-bond acceptors (Lipinski definition) is 4. The fourth-order valence-corrected chi connectivity index (χ4v) is 2.81. The van der Waals surface area contributed by atoms with Crippen molar-refractivity contribution in [2.45, 2.75) is 6.54 Å². The molecule has 0 radical (unpaired) electrons. The Morgan fingerprint density at radius 3 is 2.28 bits per heavy atom. The largest absolute Gasteiger partial charge is 0.507 e. The standard InChI is InChI=1S/C21H18ClN3O4/c22-15-7-1-2-8-16(15)25-21(29)23-12-13-5-3-6-14(11-13)24-20(28)19-17(26)9-4-10-18(19)27/h1-11,26-27H,12H2,(H,24,28)(H2,23,25,29). The number of aromatic hydroxyl groups is 2. The third-order valence-electron chi connectivity index (χ3n) is 4.01. The van der Waals surface area contributed by atoms with Crippen molar-refractivity contribution >= 4 is 34.9 Å². The van der Waals surface area contributed by atoms with E-state index in [9.17, 15) is 19.8 Å². The Labute approximate surface area is 172 Å². The van der Waals surface area contributed by atoms with Gasteiger partial charge >= 0.3 is 6.03 Å². The van der Waals surface area contributed by atoms with Gasteiger partial charge in [-0.05, 0) is 42.0 Å². The van der Waals surface area contributed by atoms with Crippen molar-refractivity contribution in [1.29, 1.82) is 0 Å². The van der Waals surface area contributed by atoms with Gasteiger partial charge in [0.05, 0.1) is 10.7 Å². The number of phenolic OH excluding ortho intramolecular Hbond substituents is 2. The Bertz CT molecular complexity index is 1040. The molecule has 0 fully saturated rings. The Morgan fingerprint density at radius 1 is 0.862 bits per heavy atom. The molecule has 0 heterocycles. The maximum atomic E-state index is 12.3. The average Bonchev–Trinajstić information content (AvgIpc) is 2.68. The zero-order valence-corrected chi connectivity index (χ0v) is 15.9. The van der Waals surface area contributed by atoms with Crippen molar-refractivity contribution in [1.82, 2.24) is 5.32 Å². The first-order valence-electron chi connectivity index (χ1n) is 8.64. The number of urea groups is 1. The smallest absolute Gasteiger partial charge is 0.319 e. The molecular weight excluding hydrogens is 394 g/mol. The normalized spacial score (nSPS) is 10.2. The predicted octanol–water partition coefficient (Wildman–Crippen LogP) is 4.33. The highest BCUT2D eigenvalue weighted by molar-refractivity contribution is 6.33. The number of benzene rings is 3. The van der Waals surface area contributed by atoms with Gasteiger partial charge in [0, 0.05) is 12.2 Å². The molecule has 0 saturated heterocycles. The predicted molar refractivity (Wildman–Crippen MR) is 111 cm³/mol. The van der Waals surface area contributed by atoms with Gasteiger partial charge in [-0.25, -0.2) is 4.79 Å². The quantitative estimate of drug-likeness (QED) is 0.430. The van der Waals surface area contributed by atoms with E-state index in [0.29, 0.717) is 16.4 Å². The zero-order chi connectivity index (χ0) is 20.8. The summed E-state index contributed by atoms with van der Waals surface area (Å²) in [6.07, 6.45) is 0. The summed E-state index contributed by atoms with van der Waals surface area (Å²) in [5.74, 6) is -1.30. The molecule has 3 amide bonds. The van der Waals surface area contributed by atoms with E-state index in [4.69, 9.17) is 11.6 Å². The molecule has 0 spiro atoms. The molecule has 0 bridgehead atoms. The summed E-state index contributed by atoms with van der Waals surface area (Å²) < 4.78 is 0. The summed E-state index contributed by atoms with van der Waals surface area (Å²) in [6, 6.07) is 17.3. The molecule has 3 rings (SSSR count). The Kier molecular flexibility index (Phi) is 6.21. The molecule has 0 aliphatic carbocycles. The zero-order valence-electron chi connectivity index (χ0n) is 15.1. The molecule has 7 nitrogen and oxygen atoms in total. The number of amides is 3.